The molecule has 2 aliphatic heterocycles. The highest BCUT2D eigenvalue weighted by Crippen LogP contribution is 2.29. The van der Waals surface area contributed by atoms with Gasteiger partial charge in [-0.2, -0.15) is 0 Å². The monoisotopic (exact) mass is 311 g/mol. The lowest BCUT2D eigenvalue weighted by molar-refractivity contribution is 0.0712. The van der Waals surface area contributed by atoms with Crippen molar-refractivity contribution < 1.29 is 9.90 Å². The molecule has 0 aliphatic carbocycles. The van der Waals surface area contributed by atoms with Crippen LogP contribution in [0.3, 0.4) is 0 Å². The standard InChI is InChI=1S/C17H33N3O2/c1-12(21)13-7-6-8-20(11-13)15(22)18-14-9-16(2,3)19-17(4,5)10-14/h12-14,19,21H,6-11H2,1-5H3,(H,18,22). The number of amides is 2. The third kappa shape index (κ3) is 4.59. The highest BCUT2D eigenvalue weighted by atomic mass is 16.3. The molecule has 3 N–H and O–H groups in total. The first-order valence-electron chi connectivity index (χ1n) is 8.61. The minimum Gasteiger partial charge on any atom is -0.393 e. The first kappa shape index (κ1) is 17.5. The van der Waals surface area contributed by atoms with E-state index in [2.05, 4.69) is 38.3 Å². The number of hydrogen-bond donors (Lipinski definition) is 3. The molecule has 0 saturated carbocycles. The summed E-state index contributed by atoms with van der Waals surface area (Å²) in [6.07, 6.45) is 3.53. The Bertz CT molecular complexity index is 391. The molecule has 0 bridgehead atoms. The lowest BCUT2D eigenvalue weighted by Gasteiger charge is -2.47. The Morgan fingerprint density at radius 1 is 1.27 bits per heavy atom. The van der Waals surface area contributed by atoms with Crippen molar-refractivity contribution in [3.63, 3.8) is 0 Å². The molecule has 0 aromatic carbocycles. The van der Waals surface area contributed by atoms with Crippen LogP contribution in [0.1, 0.15) is 60.3 Å². The van der Waals surface area contributed by atoms with Gasteiger partial charge in [-0.25, -0.2) is 4.79 Å². The molecule has 5 nitrogen and oxygen atoms in total. The van der Waals surface area contributed by atoms with E-state index in [4.69, 9.17) is 0 Å². The first-order valence-corrected chi connectivity index (χ1v) is 8.61. The SMILES string of the molecule is CC(O)C1CCCN(C(=O)NC2CC(C)(C)NC(C)(C)C2)C1. The second-order valence-corrected chi connectivity index (χ2v) is 8.54. The van der Waals surface area contributed by atoms with Crippen LogP contribution < -0.4 is 10.6 Å². The van der Waals surface area contributed by atoms with Crippen molar-refractivity contribution >= 4 is 6.03 Å². The molecule has 2 fully saturated rings. The minimum atomic E-state index is -0.340. The second-order valence-electron chi connectivity index (χ2n) is 8.54. The largest absolute Gasteiger partial charge is 0.393 e. The average molecular weight is 311 g/mol. The molecule has 0 spiro atoms. The Hall–Kier alpha value is -0.810. The average Bonchev–Trinajstić information content (AvgIpc) is 2.34. The maximum absolute atomic E-state index is 12.6. The number of piperidine rings is 2. The fraction of sp³-hybridized carbons (Fsp3) is 0.941. The summed E-state index contributed by atoms with van der Waals surface area (Å²) in [5.41, 5.74) is 0.0630. The van der Waals surface area contributed by atoms with E-state index in [1.807, 2.05) is 11.8 Å². The molecule has 0 aromatic heterocycles. The summed E-state index contributed by atoms with van der Waals surface area (Å²) in [7, 11) is 0. The molecule has 2 amide bonds. The van der Waals surface area contributed by atoms with Gasteiger partial charge in [0.2, 0.25) is 0 Å². The zero-order valence-electron chi connectivity index (χ0n) is 14.8. The van der Waals surface area contributed by atoms with E-state index < -0.39 is 0 Å². The van der Waals surface area contributed by atoms with Gasteiger partial charge in [-0.3, -0.25) is 0 Å². The van der Waals surface area contributed by atoms with E-state index in [0.717, 1.165) is 32.2 Å². The third-order valence-corrected chi connectivity index (χ3v) is 4.95. The summed E-state index contributed by atoms with van der Waals surface area (Å²) in [4.78, 5) is 14.4. The molecule has 5 heteroatoms. The highest BCUT2D eigenvalue weighted by Gasteiger charge is 2.39. The van der Waals surface area contributed by atoms with Gasteiger partial charge in [-0.1, -0.05) is 0 Å². The molecule has 2 heterocycles. The van der Waals surface area contributed by atoms with E-state index in [-0.39, 0.29) is 35.2 Å². The number of aliphatic hydroxyl groups excluding tert-OH is 1. The van der Waals surface area contributed by atoms with E-state index in [0.29, 0.717) is 6.54 Å². The van der Waals surface area contributed by atoms with Gasteiger partial charge in [0.05, 0.1) is 6.10 Å². The van der Waals surface area contributed by atoms with E-state index in [1.165, 1.54) is 0 Å². The van der Waals surface area contributed by atoms with Crippen molar-refractivity contribution in [3.8, 4) is 0 Å². The van der Waals surface area contributed by atoms with Crippen LogP contribution in [0.4, 0.5) is 4.79 Å². The van der Waals surface area contributed by atoms with Crippen LogP contribution >= 0.6 is 0 Å². The number of likely N-dealkylation sites (tertiary alicyclic amines) is 1. The quantitative estimate of drug-likeness (QED) is 0.732. The normalized spacial score (nSPS) is 29.9. The molecule has 0 radical (unpaired) electrons. The lowest BCUT2D eigenvalue weighted by Crippen LogP contribution is -2.63. The van der Waals surface area contributed by atoms with Gasteiger partial charge in [0.15, 0.2) is 0 Å². The Labute approximate surface area is 134 Å². The molecule has 0 aromatic rings. The smallest absolute Gasteiger partial charge is 0.317 e. The third-order valence-electron chi connectivity index (χ3n) is 4.95. The van der Waals surface area contributed by atoms with E-state index >= 15 is 0 Å². The molecule has 2 saturated heterocycles. The summed E-state index contributed by atoms with van der Waals surface area (Å²) in [5.74, 6) is 0.209. The van der Waals surface area contributed by atoms with Crippen molar-refractivity contribution in [2.45, 2.75) is 83.5 Å². The predicted molar refractivity (Wildman–Crippen MR) is 88.8 cm³/mol. The number of nitrogens with zero attached hydrogens (tertiary/aromatic N) is 1. The predicted octanol–water partition coefficient (Wildman–Crippen LogP) is 2.10. The van der Waals surface area contributed by atoms with Gasteiger partial charge in [-0.15, -0.1) is 0 Å². The number of hydrogen-bond acceptors (Lipinski definition) is 3. The zero-order valence-corrected chi connectivity index (χ0v) is 14.8. The van der Waals surface area contributed by atoms with Gasteiger partial charge < -0.3 is 20.6 Å². The summed E-state index contributed by atoms with van der Waals surface area (Å²) >= 11 is 0. The number of rotatable bonds is 2. The Balaban J connectivity index is 1.93. The highest BCUT2D eigenvalue weighted by molar-refractivity contribution is 5.74. The van der Waals surface area contributed by atoms with Crippen LogP contribution in [0.15, 0.2) is 0 Å². The number of nitrogens with one attached hydrogen (secondary N) is 2. The molecule has 22 heavy (non-hydrogen) atoms. The first-order chi connectivity index (χ1) is 10.1. The number of carbonyl (C=O) groups is 1. The van der Waals surface area contributed by atoms with Crippen LogP contribution in [0.25, 0.3) is 0 Å². The number of urea groups is 1. The molecule has 2 unspecified atom stereocenters. The maximum atomic E-state index is 12.6. The van der Waals surface area contributed by atoms with E-state index in [9.17, 15) is 9.90 Å². The van der Waals surface area contributed by atoms with Crippen molar-refractivity contribution in [1.82, 2.24) is 15.5 Å². The maximum Gasteiger partial charge on any atom is 0.317 e. The molecule has 2 aliphatic rings. The van der Waals surface area contributed by atoms with Crippen LogP contribution in [0, 0.1) is 5.92 Å². The van der Waals surface area contributed by atoms with Gasteiger partial charge in [0.25, 0.3) is 0 Å². The summed E-state index contributed by atoms with van der Waals surface area (Å²) in [6, 6.07) is 0.231. The van der Waals surface area contributed by atoms with Gasteiger partial charge in [0.1, 0.15) is 0 Å². The molecule has 2 rings (SSSR count). The summed E-state index contributed by atoms with van der Waals surface area (Å²) in [6.45, 7) is 12.1. The lowest BCUT2D eigenvalue weighted by atomic mass is 9.79. The fourth-order valence-electron chi connectivity index (χ4n) is 4.28. The van der Waals surface area contributed by atoms with Gasteiger partial charge in [-0.05, 0) is 60.3 Å². The Kier molecular flexibility index (Phi) is 5.07. The van der Waals surface area contributed by atoms with Crippen molar-refractivity contribution in [2.24, 2.45) is 5.92 Å². The summed E-state index contributed by atoms with van der Waals surface area (Å²) in [5, 5.41) is 16.6. The van der Waals surface area contributed by atoms with Crippen LogP contribution in [-0.2, 0) is 0 Å². The van der Waals surface area contributed by atoms with Crippen molar-refractivity contribution in [3.05, 3.63) is 0 Å². The molecular formula is C17H33N3O2. The summed E-state index contributed by atoms with van der Waals surface area (Å²) < 4.78 is 0. The van der Waals surface area contributed by atoms with Crippen molar-refractivity contribution in [1.29, 1.82) is 0 Å². The van der Waals surface area contributed by atoms with Gasteiger partial charge >= 0.3 is 6.03 Å². The molecule has 128 valence electrons. The Morgan fingerprint density at radius 3 is 2.41 bits per heavy atom. The topological polar surface area (TPSA) is 64.6 Å². The zero-order chi connectivity index (χ0) is 16.5. The van der Waals surface area contributed by atoms with Crippen LogP contribution in [0.5, 0.6) is 0 Å². The minimum absolute atomic E-state index is 0.0313. The van der Waals surface area contributed by atoms with Crippen molar-refractivity contribution in [2.75, 3.05) is 13.1 Å². The van der Waals surface area contributed by atoms with Gasteiger partial charge in [0, 0.05) is 36.1 Å². The fourth-order valence-corrected chi connectivity index (χ4v) is 4.28. The van der Waals surface area contributed by atoms with E-state index in [1.54, 1.807) is 0 Å². The number of carbonyl (C=O) groups excluding carboxylic acids is 1. The second kappa shape index (κ2) is 6.36. The molecule has 2 atom stereocenters. The van der Waals surface area contributed by atoms with Crippen LogP contribution in [0.2, 0.25) is 0 Å². The Morgan fingerprint density at radius 2 is 1.86 bits per heavy atom. The molecular weight excluding hydrogens is 278 g/mol. The number of aliphatic hydroxyl groups is 1. The van der Waals surface area contributed by atoms with Crippen LogP contribution in [-0.4, -0.2) is 52.4 Å².